The predicted octanol–water partition coefficient (Wildman–Crippen LogP) is 5.32. The molecule has 1 aliphatic heterocycles. The van der Waals surface area contributed by atoms with Crippen molar-refractivity contribution in [2.24, 2.45) is 5.92 Å². The summed E-state index contributed by atoms with van der Waals surface area (Å²) in [5, 5.41) is 3.46. The van der Waals surface area contributed by atoms with E-state index in [-0.39, 0.29) is 23.6 Å². The Hall–Kier alpha value is -1.58. The van der Waals surface area contributed by atoms with Gasteiger partial charge in [-0.25, -0.2) is 4.39 Å². The maximum atomic E-state index is 13.2. The SMILES string of the molecule is CC(C)(C)c1ccc(OC[C@H]2CNCC[C@@H]2c2ccc(F)cc2)cc1.Cl. The van der Waals surface area contributed by atoms with Gasteiger partial charge in [0.1, 0.15) is 11.6 Å². The lowest BCUT2D eigenvalue weighted by molar-refractivity contribution is 0.197. The van der Waals surface area contributed by atoms with Crippen molar-refractivity contribution in [2.45, 2.75) is 38.5 Å². The van der Waals surface area contributed by atoms with Crippen molar-refractivity contribution in [1.29, 1.82) is 0 Å². The highest BCUT2D eigenvalue weighted by Crippen LogP contribution is 2.31. The minimum Gasteiger partial charge on any atom is -0.493 e. The van der Waals surface area contributed by atoms with Gasteiger partial charge >= 0.3 is 0 Å². The number of nitrogens with one attached hydrogen (secondary N) is 1. The summed E-state index contributed by atoms with van der Waals surface area (Å²) in [6.07, 6.45) is 1.06. The zero-order chi connectivity index (χ0) is 17.9. The fourth-order valence-corrected chi connectivity index (χ4v) is 3.50. The zero-order valence-corrected chi connectivity index (χ0v) is 16.6. The third-order valence-corrected chi connectivity index (χ3v) is 5.09. The van der Waals surface area contributed by atoms with Crippen LogP contribution in [0, 0.1) is 11.7 Å². The number of halogens is 2. The number of hydrogen-bond acceptors (Lipinski definition) is 2. The number of benzene rings is 2. The molecule has 2 nitrogen and oxygen atoms in total. The fraction of sp³-hybridized carbons (Fsp3) is 0.455. The second kappa shape index (κ2) is 8.88. The molecule has 0 radical (unpaired) electrons. The average Bonchev–Trinajstić information content (AvgIpc) is 2.61. The van der Waals surface area contributed by atoms with Gasteiger partial charge in [0.15, 0.2) is 0 Å². The van der Waals surface area contributed by atoms with Crippen LogP contribution in [0.25, 0.3) is 0 Å². The summed E-state index contributed by atoms with van der Waals surface area (Å²) in [7, 11) is 0. The largest absolute Gasteiger partial charge is 0.493 e. The molecule has 0 aromatic heterocycles. The van der Waals surface area contributed by atoms with Crippen LogP contribution in [-0.2, 0) is 5.41 Å². The molecule has 0 bridgehead atoms. The Balaban J connectivity index is 0.00000243. The van der Waals surface area contributed by atoms with Crippen LogP contribution in [0.3, 0.4) is 0 Å². The molecule has 2 atom stereocenters. The maximum Gasteiger partial charge on any atom is 0.123 e. The first-order valence-corrected chi connectivity index (χ1v) is 9.13. The Kier molecular flexibility index (Phi) is 7.08. The van der Waals surface area contributed by atoms with Crippen molar-refractivity contribution >= 4 is 12.4 Å². The van der Waals surface area contributed by atoms with Crippen LogP contribution in [0.15, 0.2) is 48.5 Å². The summed E-state index contributed by atoms with van der Waals surface area (Å²) in [5.74, 6) is 1.54. The molecule has 1 saturated heterocycles. The van der Waals surface area contributed by atoms with Crippen molar-refractivity contribution < 1.29 is 9.13 Å². The zero-order valence-electron chi connectivity index (χ0n) is 15.8. The van der Waals surface area contributed by atoms with Crippen LogP contribution < -0.4 is 10.1 Å². The predicted molar refractivity (Wildman–Crippen MR) is 108 cm³/mol. The number of piperidine rings is 1. The standard InChI is InChI=1S/C22H28FNO.ClH/c1-22(2,3)18-6-10-20(11-7-18)25-15-17-14-24-13-12-21(17)16-4-8-19(23)9-5-16;/h4-11,17,21,24H,12-15H2,1-3H3;1H/t17-,21-;/m1./s1. The van der Waals surface area contributed by atoms with Gasteiger partial charge in [-0.15, -0.1) is 12.4 Å². The van der Waals surface area contributed by atoms with Gasteiger partial charge in [-0.1, -0.05) is 45.0 Å². The van der Waals surface area contributed by atoms with E-state index in [0.29, 0.717) is 18.4 Å². The lowest BCUT2D eigenvalue weighted by Gasteiger charge is -2.32. The van der Waals surface area contributed by atoms with E-state index in [1.54, 1.807) is 12.1 Å². The molecule has 0 amide bonds. The van der Waals surface area contributed by atoms with Gasteiger partial charge in [-0.05, 0) is 59.7 Å². The Labute approximate surface area is 162 Å². The van der Waals surface area contributed by atoms with Crippen LogP contribution in [0.2, 0.25) is 0 Å². The van der Waals surface area contributed by atoms with Gasteiger partial charge in [-0.3, -0.25) is 0 Å². The normalized spacial score (nSPS) is 20.3. The molecule has 4 heteroatoms. The molecular weight excluding hydrogens is 349 g/mol. The minimum absolute atomic E-state index is 0. The maximum absolute atomic E-state index is 13.2. The molecule has 0 saturated carbocycles. The molecule has 2 aromatic carbocycles. The molecule has 1 fully saturated rings. The molecule has 0 aliphatic carbocycles. The summed E-state index contributed by atoms with van der Waals surface area (Å²) in [6.45, 7) is 9.24. The van der Waals surface area contributed by atoms with E-state index >= 15 is 0 Å². The van der Waals surface area contributed by atoms with E-state index in [4.69, 9.17) is 4.74 Å². The van der Waals surface area contributed by atoms with E-state index in [1.807, 2.05) is 12.1 Å². The van der Waals surface area contributed by atoms with Gasteiger partial charge in [0, 0.05) is 12.5 Å². The Morgan fingerprint density at radius 3 is 2.31 bits per heavy atom. The highest BCUT2D eigenvalue weighted by Gasteiger charge is 2.27. The molecule has 1 N–H and O–H groups in total. The second-order valence-electron chi connectivity index (χ2n) is 8.00. The van der Waals surface area contributed by atoms with Crippen molar-refractivity contribution in [1.82, 2.24) is 5.32 Å². The highest BCUT2D eigenvalue weighted by atomic mass is 35.5. The number of hydrogen-bond donors (Lipinski definition) is 1. The van der Waals surface area contributed by atoms with E-state index in [0.717, 1.165) is 25.3 Å². The van der Waals surface area contributed by atoms with E-state index in [1.165, 1.54) is 11.1 Å². The van der Waals surface area contributed by atoms with E-state index < -0.39 is 0 Å². The Bertz CT molecular complexity index is 679. The molecule has 26 heavy (non-hydrogen) atoms. The molecule has 0 spiro atoms. The van der Waals surface area contributed by atoms with Gasteiger partial charge in [-0.2, -0.15) is 0 Å². The molecular formula is C22H29ClFNO. The molecule has 1 aliphatic rings. The first-order valence-electron chi connectivity index (χ1n) is 9.13. The summed E-state index contributed by atoms with van der Waals surface area (Å²) >= 11 is 0. The lowest BCUT2D eigenvalue weighted by atomic mass is 9.81. The molecule has 2 aromatic rings. The smallest absolute Gasteiger partial charge is 0.123 e. The Morgan fingerprint density at radius 2 is 1.69 bits per heavy atom. The van der Waals surface area contributed by atoms with E-state index in [2.05, 4.69) is 50.4 Å². The number of rotatable bonds is 4. The summed E-state index contributed by atoms with van der Waals surface area (Å²) in [6, 6.07) is 15.3. The van der Waals surface area contributed by atoms with Crippen LogP contribution in [-0.4, -0.2) is 19.7 Å². The first-order chi connectivity index (χ1) is 11.9. The van der Waals surface area contributed by atoms with Gasteiger partial charge in [0.2, 0.25) is 0 Å². The fourth-order valence-electron chi connectivity index (χ4n) is 3.50. The topological polar surface area (TPSA) is 21.3 Å². The quantitative estimate of drug-likeness (QED) is 0.778. The van der Waals surface area contributed by atoms with Gasteiger partial charge in [0.25, 0.3) is 0 Å². The summed E-state index contributed by atoms with van der Waals surface area (Å²) in [5.41, 5.74) is 2.67. The van der Waals surface area contributed by atoms with Crippen molar-refractivity contribution in [3.63, 3.8) is 0 Å². The second-order valence-corrected chi connectivity index (χ2v) is 8.00. The minimum atomic E-state index is -0.176. The van der Waals surface area contributed by atoms with Crippen molar-refractivity contribution in [3.05, 3.63) is 65.5 Å². The van der Waals surface area contributed by atoms with Crippen LogP contribution in [0.4, 0.5) is 4.39 Å². The molecule has 0 unspecified atom stereocenters. The van der Waals surface area contributed by atoms with Crippen molar-refractivity contribution in [3.8, 4) is 5.75 Å². The van der Waals surface area contributed by atoms with Crippen LogP contribution >= 0.6 is 12.4 Å². The molecule has 3 rings (SSSR count). The third kappa shape index (κ3) is 5.21. The van der Waals surface area contributed by atoms with Crippen LogP contribution in [0.1, 0.15) is 44.2 Å². The monoisotopic (exact) mass is 377 g/mol. The lowest BCUT2D eigenvalue weighted by Crippen LogP contribution is -2.38. The first kappa shape index (κ1) is 20.7. The van der Waals surface area contributed by atoms with Crippen molar-refractivity contribution in [2.75, 3.05) is 19.7 Å². The van der Waals surface area contributed by atoms with E-state index in [9.17, 15) is 4.39 Å². The van der Waals surface area contributed by atoms with Gasteiger partial charge < -0.3 is 10.1 Å². The average molecular weight is 378 g/mol. The summed E-state index contributed by atoms with van der Waals surface area (Å²) < 4.78 is 19.3. The Morgan fingerprint density at radius 1 is 1.04 bits per heavy atom. The summed E-state index contributed by atoms with van der Waals surface area (Å²) in [4.78, 5) is 0. The molecule has 1 heterocycles. The highest BCUT2D eigenvalue weighted by molar-refractivity contribution is 5.85. The third-order valence-electron chi connectivity index (χ3n) is 5.09. The number of ether oxygens (including phenoxy) is 1. The van der Waals surface area contributed by atoms with Crippen LogP contribution in [0.5, 0.6) is 5.75 Å². The van der Waals surface area contributed by atoms with Gasteiger partial charge in [0.05, 0.1) is 6.61 Å². The molecule has 142 valence electrons.